The summed E-state index contributed by atoms with van der Waals surface area (Å²) < 4.78 is 5.86. The highest BCUT2D eigenvalue weighted by molar-refractivity contribution is 7.80. The summed E-state index contributed by atoms with van der Waals surface area (Å²) in [5.74, 6) is 0.248. The Kier molecular flexibility index (Phi) is 5.31. The van der Waals surface area contributed by atoms with Crippen molar-refractivity contribution in [2.24, 2.45) is 0 Å². The summed E-state index contributed by atoms with van der Waals surface area (Å²) in [6, 6.07) is 16.9. The molecule has 6 nitrogen and oxygen atoms in total. The zero-order chi connectivity index (χ0) is 20.2. The Morgan fingerprint density at radius 1 is 1.14 bits per heavy atom. The van der Waals surface area contributed by atoms with Crippen molar-refractivity contribution in [2.75, 3.05) is 5.32 Å². The maximum atomic E-state index is 12.1. The Balaban J connectivity index is 1.44. The topological polar surface area (TPSA) is 80.0 Å². The minimum absolute atomic E-state index is 0.209. The van der Waals surface area contributed by atoms with Crippen LogP contribution in [0.5, 0.6) is 0 Å². The number of amides is 1. The molecule has 4 rings (SSSR count). The Hall–Kier alpha value is -3.58. The summed E-state index contributed by atoms with van der Waals surface area (Å²) >= 11 is 5.21. The number of carbonyl (C=O) groups is 1. The van der Waals surface area contributed by atoms with Crippen molar-refractivity contribution < 1.29 is 9.21 Å². The standard InChI is InChI=1S/C22H18N4O2S/c1-2-14-5-10-19-18(12-14)25-21(28-19)15-6-8-17(9-7-15)24-22(29)26-20(27)16-4-3-11-23-13-16/h3-13H,2H2,1H3,(H2,24,26,27,29). The molecule has 29 heavy (non-hydrogen) atoms. The largest absolute Gasteiger partial charge is 0.436 e. The molecule has 0 spiro atoms. The zero-order valence-electron chi connectivity index (χ0n) is 15.7. The summed E-state index contributed by atoms with van der Waals surface area (Å²) in [5, 5.41) is 5.83. The van der Waals surface area contributed by atoms with Crippen LogP contribution in [0.2, 0.25) is 0 Å². The summed E-state index contributed by atoms with van der Waals surface area (Å²) in [6.45, 7) is 2.11. The molecular formula is C22H18N4O2S. The number of benzene rings is 2. The number of aryl methyl sites for hydroxylation is 1. The molecule has 0 unspecified atom stereocenters. The van der Waals surface area contributed by atoms with E-state index in [1.807, 2.05) is 42.5 Å². The van der Waals surface area contributed by atoms with Gasteiger partial charge in [0.05, 0.1) is 5.56 Å². The molecule has 2 aromatic heterocycles. The second kappa shape index (κ2) is 8.20. The van der Waals surface area contributed by atoms with E-state index < -0.39 is 0 Å². The number of oxazole rings is 1. The normalized spacial score (nSPS) is 10.7. The minimum Gasteiger partial charge on any atom is -0.436 e. The lowest BCUT2D eigenvalue weighted by atomic mass is 10.1. The number of hydrogen-bond acceptors (Lipinski definition) is 5. The van der Waals surface area contributed by atoms with Crippen LogP contribution in [0.3, 0.4) is 0 Å². The lowest BCUT2D eigenvalue weighted by molar-refractivity contribution is 0.0977. The summed E-state index contributed by atoms with van der Waals surface area (Å²) in [5.41, 5.74) is 4.87. The Morgan fingerprint density at radius 2 is 1.97 bits per heavy atom. The third kappa shape index (κ3) is 4.30. The third-order valence-electron chi connectivity index (χ3n) is 4.40. The SMILES string of the molecule is CCc1ccc2oc(-c3ccc(NC(=S)NC(=O)c4cccnc4)cc3)nc2c1. The van der Waals surface area contributed by atoms with Gasteiger partial charge in [0.2, 0.25) is 5.89 Å². The van der Waals surface area contributed by atoms with Gasteiger partial charge in [-0.15, -0.1) is 0 Å². The van der Waals surface area contributed by atoms with Gasteiger partial charge >= 0.3 is 0 Å². The first-order valence-electron chi connectivity index (χ1n) is 9.14. The van der Waals surface area contributed by atoms with Gasteiger partial charge < -0.3 is 9.73 Å². The number of nitrogens with one attached hydrogen (secondary N) is 2. The lowest BCUT2D eigenvalue weighted by Gasteiger charge is -2.09. The van der Waals surface area contributed by atoms with Gasteiger partial charge in [-0.25, -0.2) is 4.98 Å². The monoisotopic (exact) mass is 402 g/mol. The molecule has 0 aliphatic heterocycles. The molecule has 1 amide bonds. The highest BCUT2D eigenvalue weighted by Gasteiger charge is 2.10. The van der Waals surface area contributed by atoms with E-state index in [4.69, 9.17) is 16.6 Å². The van der Waals surface area contributed by atoms with Crippen molar-refractivity contribution in [2.45, 2.75) is 13.3 Å². The molecular weight excluding hydrogens is 384 g/mol. The molecule has 0 bridgehead atoms. The van der Waals surface area contributed by atoms with E-state index in [1.54, 1.807) is 18.3 Å². The number of rotatable bonds is 4. The van der Waals surface area contributed by atoms with Crippen molar-refractivity contribution in [3.05, 3.63) is 78.1 Å². The maximum Gasteiger partial charge on any atom is 0.258 e. The first-order valence-corrected chi connectivity index (χ1v) is 9.55. The number of pyridine rings is 1. The number of nitrogens with zero attached hydrogens (tertiary/aromatic N) is 2. The molecule has 2 N–H and O–H groups in total. The van der Waals surface area contributed by atoms with Gasteiger partial charge in [-0.3, -0.25) is 15.1 Å². The average Bonchev–Trinajstić information content (AvgIpc) is 3.18. The van der Waals surface area contributed by atoms with Crippen LogP contribution in [-0.4, -0.2) is 21.0 Å². The minimum atomic E-state index is -0.315. The van der Waals surface area contributed by atoms with Gasteiger partial charge in [0.25, 0.3) is 5.91 Å². The molecule has 0 aliphatic rings. The second-order valence-corrected chi connectivity index (χ2v) is 6.81. The van der Waals surface area contributed by atoms with Crippen LogP contribution in [0, 0.1) is 0 Å². The molecule has 2 heterocycles. The van der Waals surface area contributed by atoms with Gasteiger partial charge in [-0.05, 0) is 72.7 Å². The van der Waals surface area contributed by atoms with Crippen molar-refractivity contribution in [1.82, 2.24) is 15.3 Å². The second-order valence-electron chi connectivity index (χ2n) is 6.40. The van der Waals surface area contributed by atoms with Crippen molar-refractivity contribution >= 4 is 40.0 Å². The van der Waals surface area contributed by atoms with Crippen LogP contribution in [0.25, 0.3) is 22.6 Å². The number of hydrogen-bond donors (Lipinski definition) is 2. The first kappa shape index (κ1) is 18.8. The average molecular weight is 402 g/mol. The van der Waals surface area contributed by atoms with Gasteiger partial charge in [0.15, 0.2) is 10.7 Å². The number of carbonyl (C=O) groups excluding carboxylic acids is 1. The zero-order valence-corrected chi connectivity index (χ0v) is 16.5. The van der Waals surface area contributed by atoms with Gasteiger partial charge in [0.1, 0.15) is 5.52 Å². The fourth-order valence-corrected chi connectivity index (χ4v) is 3.06. The smallest absolute Gasteiger partial charge is 0.258 e. The van der Waals surface area contributed by atoms with E-state index in [1.165, 1.54) is 11.8 Å². The molecule has 0 saturated carbocycles. The summed E-state index contributed by atoms with van der Waals surface area (Å²) in [4.78, 5) is 20.6. The molecule has 0 radical (unpaired) electrons. The van der Waals surface area contributed by atoms with Crippen LogP contribution >= 0.6 is 12.2 Å². The fraction of sp³-hybridized carbons (Fsp3) is 0.0909. The third-order valence-corrected chi connectivity index (χ3v) is 4.60. The van der Waals surface area contributed by atoms with Crippen molar-refractivity contribution in [3.8, 4) is 11.5 Å². The quantitative estimate of drug-likeness (QED) is 0.487. The number of fused-ring (bicyclic) bond motifs is 1. The molecule has 0 aliphatic carbocycles. The molecule has 0 saturated heterocycles. The molecule has 2 aromatic carbocycles. The van der Waals surface area contributed by atoms with Crippen molar-refractivity contribution in [3.63, 3.8) is 0 Å². The van der Waals surface area contributed by atoms with Gasteiger partial charge in [-0.2, -0.15) is 0 Å². The van der Waals surface area contributed by atoms with Crippen LogP contribution in [-0.2, 0) is 6.42 Å². The van der Waals surface area contributed by atoms with E-state index in [0.29, 0.717) is 11.5 Å². The highest BCUT2D eigenvalue weighted by atomic mass is 32.1. The van der Waals surface area contributed by atoms with Crippen molar-refractivity contribution in [1.29, 1.82) is 0 Å². The molecule has 7 heteroatoms. The lowest BCUT2D eigenvalue weighted by Crippen LogP contribution is -2.34. The first-order chi connectivity index (χ1) is 14.1. The number of aromatic nitrogens is 2. The summed E-state index contributed by atoms with van der Waals surface area (Å²) in [7, 11) is 0. The van der Waals surface area contributed by atoms with E-state index in [-0.39, 0.29) is 11.0 Å². The van der Waals surface area contributed by atoms with Gasteiger partial charge in [-0.1, -0.05) is 13.0 Å². The Bertz CT molecular complexity index is 1170. The van der Waals surface area contributed by atoms with E-state index in [2.05, 4.69) is 27.5 Å². The van der Waals surface area contributed by atoms with E-state index >= 15 is 0 Å². The number of anilines is 1. The van der Waals surface area contributed by atoms with Gasteiger partial charge in [0, 0.05) is 23.6 Å². The van der Waals surface area contributed by atoms with Crippen LogP contribution in [0.4, 0.5) is 5.69 Å². The predicted molar refractivity (Wildman–Crippen MR) is 117 cm³/mol. The molecule has 4 aromatic rings. The van der Waals surface area contributed by atoms with Crippen LogP contribution in [0.15, 0.2) is 71.4 Å². The van der Waals surface area contributed by atoms with Crippen LogP contribution in [0.1, 0.15) is 22.8 Å². The summed E-state index contributed by atoms with van der Waals surface area (Å²) in [6.07, 6.45) is 4.04. The molecule has 0 atom stereocenters. The maximum absolute atomic E-state index is 12.1. The molecule has 144 valence electrons. The van der Waals surface area contributed by atoms with E-state index in [9.17, 15) is 4.79 Å². The number of thiocarbonyl (C=S) groups is 1. The Morgan fingerprint density at radius 3 is 2.69 bits per heavy atom. The van der Waals surface area contributed by atoms with Crippen LogP contribution < -0.4 is 10.6 Å². The predicted octanol–water partition coefficient (Wildman–Crippen LogP) is 4.58. The van der Waals surface area contributed by atoms with E-state index in [0.717, 1.165) is 28.8 Å². The highest BCUT2D eigenvalue weighted by Crippen LogP contribution is 2.26. The Labute approximate surface area is 173 Å². The fourth-order valence-electron chi connectivity index (χ4n) is 2.85. The molecule has 0 fully saturated rings.